The second kappa shape index (κ2) is 9.90. The van der Waals surface area contributed by atoms with Gasteiger partial charge < -0.3 is 19.4 Å². The summed E-state index contributed by atoms with van der Waals surface area (Å²) in [7, 11) is 1.39. The van der Waals surface area contributed by atoms with Gasteiger partial charge in [-0.2, -0.15) is 0 Å². The first kappa shape index (κ1) is 22.6. The summed E-state index contributed by atoms with van der Waals surface area (Å²) in [6.45, 7) is 0.567. The molecular weight excluding hydrogens is 469 g/mol. The van der Waals surface area contributed by atoms with Crippen molar-refractivity contribution >= 4 is 46.5 Å². The van der Waals surface area contributed by atoms with Crippen molar-refractivity contribution in [3.63, 3.8) is 0 Å². The van der Waals surface area contributed by atoms with Gasteiger partial charge >= 0.3 is 5.97 Å². The normalized spacial score (nSPS) is 18.0. The number of aromatic nitrogens is 1. The monoisotopic (exact) mass is 489 g/mol. The zero-order chi connectivity index (χ0) is 22.7. The third-order valence-corrected chi connectivity index (χ3v) is 6.42. The SMILES string of the molecule is COC(=O)CCCN1C(=S)N[C@@H](c2ccccn2)[C@H]1c1ccc(-c2ccc(Cl)c(Cl)c2)o1. The Hall–Kier alpha value is -2.61. The molecule has 1 aliphatic rings. The van der Waals surface area contributed by atoms with E-state index >= 15 is 0 Å². The number of esters is 1. The molecule has 4 rings (SSSR count). The van der Waals surface area contributed by atoms with Crippen LogP contribution in [-0.4, -0.2) is 34.6 Å². The summed E-state index contributed by atoms with van der Waals surface area (Å²) >= 11 is 17.9. The van der Waals surface area contributed by atoms with Gasteiger partial charge in [0, 0.05) is 24.7 Å². The maximum Gasteiger partial charge on any atom is 0.305 e. The minimum atomic E-state index is -0.249. The van der Waals surface area contributed by atoms with Crippen LogP contribution in [-0.2, 0) is 9.53 Å². The number of ether oxygens (including phenoxy) is 1. The molecule has 2 aromatic heterocycles. The number of nitrogens with zero attached hydrogens (tertiary/aromatic N) is 2. The first-order valence-electron chi connectivity index (χ1n) is 10.1. The van der Waals surface area contributed by atoms with E-state index in [0.717, 1.165) is 17.0 Å². The highest BCUT2D eigenvalue weighted by Crippen LogP contribution is 2.41. The molecule has 0 radical (unpaired) electrons. The van der Waals surface area contributed by atoms with Crippen LogP contribution in [0.3, 0.4) is 0 Å². The van der Waals surface area contributed by atoms with Gasteiger partial charge in [-0.1, -0.05) is 29.3 Å². The van der Waals surface area contributed by atoms with Crippen LogP contribution in [0.25, 0.3) is 11.3 Å². The van der Waals surface area contributed by atoms with Gasteiger partial charge in [-0.15, -0.1) is 0 Å². The second-order valence-corrected chi connectivity index (χ2v) is 8.53. The molecule has 1 aliphatic heterocycles. The maximum absolute atomic E-state index is 11.6. The maximum atomic E-state index is 11.6. The Morgan fingerprint density at radius 1 is 1.22 bits per heavy atom. The molecule has 0 amide bonds. The van der Waals surface area contributed by atoms with E-state index in [1.807, 2.05) is 41.3 Å². The van der Waals surface area contributed by atoms with E-state index in [2.05, 4.69) is 10.3 Å². The van der Waals surface area contributed by atoms with Crippen LogP contribution in [0, 0.1) is 0 Å². The van der Waals surface area contributed by atoms with Crippen molar-refractivity contribution in [3.8, 4) is 11.3 Å². The molecule has 1 saturated heterocycles. The molecule has 166 valence electrons. The molecule has 0 saturated carbocycles. The molecule has 1 fully saturated rings. The van der Waals surface area contributed by atoms with E-state index in [4.69, 9.17) is 44.6 Å². The Morgan fingerprint density at radius 2 is 2.06 bits per heavy atom. The highest BCUT2D eigenvalue weighted by atomic mass is 35.5. The number of hydrogen-bond acceptors (Lipinski definition) is 5. The number of halogens is 2. The molecule has 0 bridgehead atoms. The van der Waals surface area contributed by atoms with Crippen molar-refractivity contribution in [1.29, 1.82) is 0 Å². The van der Waals surface area contributed by atoms with E-state index in [9.17, 15) is 4.79 Å². The lowest BCUT2D eigenvalue weighted by Gasteiger charge is -2.25. The molecule has 3 aromatic rings. The third-order valence-electron chi connectivity index (χ3n) is 5.33. The predicted octanol–water partition coefficient (Wildman–Crippen LogP) is 5.57. The quantitative estimate of drug-likeness (QED) is 0.343. The lowest BCUT2D eigenvalue weighted by molar-refractivity contribution is -0.140. The Bertz CT molecular complexity index is 1120. The summed E-state index contributed by atoms with van der Waals surface area (Å²) in [5, 5.41) is 4.90. The van der Waals surface area contributed by atoms with Crippen LogP contribution in [0.2, 0.25) is 10.0 Å². The summed E-state index contributed by atoms with van der Waals surface area (Å²) in [4.78, 5) is 18.1. The van der Waals surface area contributed by atoms with E-state index in [1.54, 1.807) is 18.3 Å². The lowest BCUT2D eigenvalue weighted by atomic mass is 10.0. The average molecular weight is 490 g/mol. The summed E-state index contributed by atoms with van der Waals surface area (Å²) in [5.41, 5.74) is 1.67. The van der Waals surface area contributed by atoms with Crippen molar-refractivity contribution < 1.29 is 13.9 Å². The van der Waals surface area contributed by atoms with Gasteiger partial charge in [0.1, 0.15) is 17.6 Å². The molecule has 9 heteroatoms. The highest BCUT2D eigenvalue weighted by Gasteiger charge is 2.41. The zero-order valence-electron chi connectivity index (χ0n) is 17.3. The van der Waals surface area contributed by atoms with E-state index in [0.29, 0.717) is 40.3 Å². The van der Waals surface area contributed by atoms with Gasteiger partial charge in [0.25, 0.3) is 0 Å². The summed E-state index contributed by atoms with van der Waals surface area (Å²) in [6, 6.07) is 14.5. The van der Waals surface area contributed by atoms with Crippen molar-refractivity contribution in [2.24, 2.45) is 0 Å². The number of carbonyl (C=O) groups excluding carboxylic acids is 1. The van der Waals surface area contributed by atoms with Gasteiger partial charge in [-0.05, 0) is 61.1 Å². The van der Waals surface area contributed by atoms with Crippen molar-refractivity contribution in [3.05, 3.63) is 76.2 Å². The van der Waals surface area contributed by atoms with E-state index < -0.39 is 0 Å². The van der Waals surface area contributed by atoms with Crippen LogP contribution in [0.4, 0.5) is 0 Å². The fourth-order valence-electron chi connectivity index (χ4n) is 3.77. The van der Waals surface area contributed by atoms with Gasteiger partial charge in [0.05, 0.1) is 28.9 Å². The number of methoxy groups -OCH3 is 1. The van der Waals surface area contributed by atoms with E-state index in [1.165, 1.54) is 7.11 Å². The largest absolute Gasteiger partial charge is 0.469 e. The molecule has 1 aromatic carbocycles. The molecule has 0 spiro atoms. The number of carbonyl (C=O) groups is 1. The number of furan rings is 1. The van der Waals surface area contributed by atoms with Crippen LogP contribution < -0.4 is 5.32 Å². The number of thiocarbonyl (C=S) groups is 1. The van der Waals surface area contributed by atoms with Crippen molar-refractivity contribution in [1.82, 2.24) is 15.2 Å². The lowest BCUT2D eigenvalue weighted by Crippen LogP contribution is -2.30. The first-order chi connectivity index (χ1) is 15.5. The Kier molecular flexibility index (Phi) is 6.98. The van der Waals surface area contributed by atoms with Crippen molar-refractivity contribution in [2.75, 3.05) is 13.7 Å². The fourth-order valence-corrected chi connectivity index (χ4v) is 4.40. The highest BCUT2D eigenvalue weighted by molar-refractivity contribution is 7.80. The summed E-state index contributed by atoms with van der Waals surface area (Å²) < 4.78 is 11.0. The van der Waals surface area contributed by atoms with Gasteiger partial charge in [0.2, 0.25) is 0 Å². The van der Waals surface area contributed by atoms with Crippen LogP contribution in [0.5, 0.6) is 0 Å². The Morgan fingerprint density at radius 3 is 2.78 bits per heavy atom. The van der Waals surface area contributed by atoms with E-state index in [-0.39, 0.29) is 18.1 Å². The topological polar surface area (TPSA) is 67.6 Å². The van der Waals surface area contributed by atoms with Gasteiger partial charge in [-0.25, -0.2) is 0 Å². The minimum Gasteiger partial charge on any atom is -0.469 e. The number of hydrogen-bond donors (Lipinski definition) is 1. The van der Waals surface area contributed by atoms with Crippen LogP contribution in [0.1, 0.15) is 36.4 Å². The number of pyridine rings is 1. The predicted molar refractivity (Wildman–Crippen MR) is 128 cm³/mol. The molecule has 0 aliphatic carbocycles. The van der Waals surface area contributed by atoms with Gasteiger partial charge in [0.15, 0.2) is 5.11 Å². The Labute approximate surface area is 201 Å². The summed E-state index contributed by atoms with van der Waals surface area (Å²) in [6.07, 6.45) is 2.66. The Balaban J connectivity index is 1.65. The summed E-state index contributed by atoms with van der Waals surface area (Å²) in [5.74, 6) is 1.15. The number of benzene rings is 1. The molecule has 3 heterocycles. The third kappa shape index (κ3) is 4.75. The first-order valence-corrected chi connectivity index (χ1v) is 11.2. The van der Waals surface area contributed by atoms with Crippen molar-refractivity contribution in [2.45, 2.75) is 24.9 Å². The van der Waals surface area contributed by atoms with Crippen LogP contribution in [0.15, 0.2) is 59.1 Å². The minimum absolute atomic E-state index is 0.199. The van der Waals surface area contributed by atoms with Crippen LogP contribution >= 0.6 is 35.4 Å². The molecule has 6 nitrogen and oxygen atoms in total. The molecule has 0 unspecified atom stereocenters. The zero-order valence-corrected chi connectivity index (χ0v) is 19.6. The molecule has 2 atom stereocenters. The number of nitrogens with one attached hydrogen (secondary N) is 1. The molecule has 32 heavy (non-hydrogen) atoms. The average Bonchev–Trinajstić information content (AvgIpc) is 3.41. The molecule has 1 N–H and O–H groups in total. The standard InChI is InChI=1S/C23H21Cl2N3O3S/c1-30-20(29)6-4-12-28-22(21(27-23(28)32)17-5-2-3-11-26-17)19-10-9-18(31-19)14-7-8-15(24)16(25)13-14/h2-3,5,7-11,13,21-22H,4,6,12H2,1H3,(H,27,32)/t21-,22+/m0/s1. The number of rotatable bonds is 7. The van der Waals surface area contributed by atoms with Gasteiger partial charge in [-0.3, -0.25) is 9.78 Å². The fraction of sp³-hybridized carbons (Fsp3) is 0.261. The smallest absolute Gasteiger partial charge is 0.305 e. The molecular formula is C23H21Cl2N3O3S. The second-order valence-electron chi connectivity index (χ2n) is 7.33.